The SMILES string of the molecule is FC1(F)Oc2ccc(-c3nc(Cl)ncc3Cl)cc2O1. The van der Waals surface area contributed by atoms with Crippen LogP contribution in [0.4, 0.5) is 8.78 Å². The van der Waals surface area contributed by atoms with Gasteiger partial charge in [0.25, 0.3) is 0 Å². The fraction of sp³-hybridized carbons (Fsp3) is 0.0909. The monoisotopic (exact) mass is 304 g/mol. The predicted molar refractivity (Wildman–Crippen MR) is 63.7 cm³/mol. The molecule has 0 N–H and O–H groups in total. The third-order valence-corrected chi connectivity index (χ3v) is 2.85. The minimum Gasteiger partial charge on any atom is -0.395 e. The van der Waals surface area contributed by atoms with Crippen LogP contribution in [0.2, 0.25) is 10.3 Å². The summed E-state index contributed by atoms with van der Waals surface area (Å²) in [5.41, 5.74) is 0.789. The van der Waals surface area contributed by atoms with E-state index in [1.165, 1.54) is 24.4 Å². The van der Waals surface area contributed by atoms with Gasteiger partial charge in [-0.2, -0.15) is 0 Å². The average Bonchev–Trinajstić information content (AvgIpc) is 2.65. The summed E-state index contributed by atoms with van der Waals surface area (Å²) in [4.78, 5) is 7.65. The number of nitrogens with zero attached hydrogens (tertiary/aromatic N) is 2. The van der Waals surface area contributed by atoms with E-state index in [0.29, 0.717) is 11.3 Å². The molecule has 3 rings (SSSR count). The molecule has 4 nitrogen and oxygen atoms in total. The van der Waals surface area contributed by atoms with Crippen molar-refractivity contribution in [3.8, 4) is 22.8 Å². The molecule has 0 atom stereocenters. The van der Waals surface area contributed by atoms with Crippen molar-refractivity contribution in [2.45, 2.75) is 6.29 Å². The average molecular weight is 305 g/mol. The van der Waals surface area contributed by atoms with E-state index >= 15 is 0 Å². The minimum atomic E-state index is -3.66. The Morgan fingerprint density at radius 1 is 1.11 bits per heavy atom. The Kier molecular flexibility index (Phi) is 2.72. The van der Waals surface area contributed by atoms with Crippen LogP contribution in [0.15, 0.2) is 24.4 Å². The maximum absolute atomic E-state index is 12.9. The summed E-state index contributed by atoms with van der Waals surface area (Å²) < 4.78 is 34.4. The lowest BCUT2D eigenvalue weighted by Crippen LogP contribution is -2.25. The van der Waals surface area contributed by atoms with Crippen molar-refractivity contribution in [3.63, 3.8) is 0 Å². The fourth-order valence-corrected chi connectivity index (χ4v) is 1.98. The number of aromatic nitrogens is 2. The van der Waals surface area contributed by atoms with Gasteiger partial charge in [-0.05, 0) is 29.8 Å². The topological polar surface area (TPSA) is 44.2 Å². The second-order valence-electron chi connectivity index (χ2n) is 3.66. The van der Waals surface area contributed by atoms with E-state index in [4.69, 9.17) is 23.2 Å². The third-order valence-electron chi connectivity index (χ3n) is 2.39. The first kappa shape index (κ1) is 12.4. The van der Waals surface area contributed by atoms with Crippen molar-refractivity contribution in [2.75, 3.05) is 0 Å². The zero-order valence-electron chi connectivity index (χ0n) is 9.03. The summed E-state index contributed by atoms with van der Waals surface area (Å²) in [6, 6.07) is 4.22. The molecule has 0 saturated carbocycles. The summed E-state index contributed by atoms with van der Waals surface area (Å²) in [6.45, 7) is 0. The molecule has 0 unspecified atom stereocenters. The zero-order valence-corrected chi connectivity index (χ0v) is 10.5. The number of ether oxygens (including phenoxy) is 2. The van der Waals surface area contributed by atoms with Crippen LogP contribution in [0, 0.1) is 0 Å². The van der Waals surface area contributed by atoms with E-state index in [2.05, 4.69) is 19.4 Å². The smallest absolute Gasteiger partial charge is 0.395 e. The van der Waals surface area contributed by atoms with Gasteiger partial charge in [-0.15, -0.1) is 8.78 Å². The van der Waals surface area contributed by atoms with E-state index in [1.807, 2.05) is 0 Å². The number of halogens is 4. The molecule has 98 valence electrons. The molecule has 0 amide bonds. The first-order valence-electron chi connectivity index (χ1n) is 5.03. The van der Waals surface area contributed by atoms with Crippen molar-refractivity contribution in [3.05, 3.63) is 34.7 Å². The van der Waals surface area contributed by atoms with Crippen LogP contribution in [-0.2, 0) is 0 Å². The predicted octanol–water partition coefficient (Wildman–Crippen LogP) is 3.77. The van der Waals surface area contributed by atoms with Gasteiger partial charge in [-0.25, -0.2) is 9.97 Å². The second-order valence-corrected chi connectivity index (χ2v) is 4.41. The molecule has 0 fully saturated rings. The molecule has 1 aliphatic heterocycles. The lowest BCUT2D eigenvalue weighted by molar-refractivity contribution is -0.286. The second kappa shape index (κ2) is 4.18. The molecule has 1 aromatic carbocycles. The quantitative estimate of drug-likeness (QED) is 0.752. The Morgan fingerprint density at radius 2 is 1.84 bits per heavy atom. The summed E-state index contributed by atoms with van der Waals surface area (Å²) in [5.74, 6) is -0.140. The van der Waals surface area contributed by atoms with Crippen LogP contribution in [0.3, 0.4) is 0 Å². The molecule has 1 aromatic heterocycles. The summed E-state index contributed by atoms with van der Waals surface area (Å²) >= 11 is 11.6. The normalized spacial score (nSPS) is 15.6. The maximum atomic E-state index is 12.9. The summed E-state index contributed by atoms with van der Waals surface area (Å²) in [5, 5.41) is 0.248. The first-order valence-corrected chi connectivity index (χ1v) is 5.78. The molecule has 19 heavy (non-hydrogen) atoms. The molecule has 0 bridgehead atoms. The summed E-state index contributed by atoms with van der Waals surface area (Å²) in [6.07, 6.45) is -2.33. The van der Waals surface area contributed by atoms with Crippen molar-refractivity contribution in [2.24, 2.45) is 0 Å². The summed E-state index contributed by atoms with van der Waals surface area (Å²) in [7, 11) is 0. The molecule has 8 heteroatoms. The number of rotatable bonds is 1. The first-order chi connectivity index (χ1) is 8.94. The van der Waals surface area contributed by atoms with Crippen LogP contribution in [0.1, 0.15) is 0 Å². The van der Waals surface area contributed by atoms with Gasteiger partial charge in [0.05, 0.1) is 16.9 Å². The molecule has 2 heterocycles. The largest absolute Gasteiger partial charge is 0.586 e. The molecular weight excluding hydrogens is 301 g/mol. The van der Waals surface area contributed by atoms with E-state index in [9.17, 15) is 8.78 Å². The maximum Gasteiger partial charge on any atom is 0.586 e. The highest BCUT2D eigenvalue weighted by molar-refractivity contribution is 6.33. The standard InChI is InChI=1S/C11H4Cl2F2N2O2/c12-6-4-16-10(13)17-9(6)5-1-2-7-8(3-5)19-11(14,15)18-7/h1-4H. The zero-order chi connectivity index (χ0) is 13.6. The van der Waals surface area contributed by atoms with Crippen molar-refractivity contribution >= 4 is 23.2 Å². The van der Waals surface area contributed by atoms with Crippen molar-refractivity contribution in [1.82, 2.24) is 9.97 Å². The van der Waals surface area contributed by atoms with Gasteiger partial charge in [0.2, 0.25) is 5.28 Å². The van der Waals surface area contributed by atoms with Gasteiger partial charge >= 0.3 is 6.29 Å². The third kappa shape index (κ3) is 2.29. The number of hydrogen-bond donors (Lipinski definition) is 0. The van der Waals surface area contributed by atoms with Crippen molar-refractivity contribution < 1.29 is 18.3 Å². The van der Waals surface area contributed by atoms with Gasteiger partial charge in [0, 0.05) is 5.56 Å². The molecule has 0 aliphatic carbocycles. The van der Waals surface area contributed by atoms with Crippen LogP contribution < -0.4 is 9.47 Å². The highest BCUT2D eigenvalue weighted by Crippen LogP contribution is 2.43. The highest BCUT2D eigenvalue weighted by Gasteiger charge is 2.43. The van der Waals surface area contributed by atoms with Gasteiger partial charge < -0.3 is 9.47 Å². The number of benzene rings is 1. The van der Waals surface area contributed by atoms with Crippen LogP contribution in [-0.4, -0.2) is 16.3 Å². The molecule has 2 aromatic rings. The molecule has 0 radical (unpaired) electrons. The van der Waals surface area contributed by atoms with E-state index < -0.39 is 6.29 Å². The molecule has 0 spiro atoms. The number of hydrogen-bond acceptors (Lipinski definition) is 4. The van der Waals surface area contributed by atoms with Gasteiger partial charge in [0.15, 0.2) is 11.5 Å². The van der Waals surface area contributed by atoms with Crippen LogP contribution in [0.25, 0.3) is 11.3 Å². The van der Waals surface area contributed by atoms with Gasteiger partial charge in [-0.1, -0.05) is 11.6 Å². The van der Waals surface area contributed by atoms with Gasteiger partial charge in [-0.3, -0.25) is 0 Å². The number of alkyl halides is 2. The Bertz CT molecular complexity index is 667. The van der Waals surface area contributed by atoms with Gasteiger partial charge in [0.1, 0.15) is 0 Å². The van der Waals surface area contributed by atoms with E-state index in [1.54, 1.807) is 0 Å². The van der Waals surface area contributed by atoms with Crippen molar-refractivity contribution in [1.29, 1.82) is 0 Å². The minimum absolute atomic E-state index is 0.00222. The molecule has 1 aliphatic rings. The highest BCUT2D eigenvalue weighted by atomic mass is 35.5. The molecular formula is C11H4Cl2F2N2O2. The van der Waals surface area contributed by atoms with E-state index in [-0.39, 0.29) is 21.8 Å². The van der Waals surface area contributed by atoms with E-state index in [0.717, 1.165) is 0 Å². The fourth-order valence-electron chi connectivity index (χ4n) is 1.64. The lowest BCUT2D eigenvalue weighted by Gasteiger charge is -2.05. The Balaban J connectivity index is 2.07. The van der Waals surface area contributed by atoms with Crippen LogP contribution in [0.5, 0.6) is 11.5 Å². The molecule has 0 saturated heterocycles. The Hall–Kier alpha value is -1.66. The Morgan fingerprint density at radius 3 is 2.63 bits per heavy atom. The lowest BCUT2D eigenvalue weighted by atomic mass is 10.1. The van der Waals surface area contributed by atoms with Crippen LogP contribution >= 0.6 is 23.2 Å². The number of fused-ring (bicyclic) bond motifs is 1. The Labute approximate surface area is 115 Å².